The maximum atomic E-state index is 9.77. The molecule has 8 heteroatoms. The molecule has 0 saturated heterocycles. The molecule has 3 atom stereocenters. The number of hydrogen-bond acceptors (Lipinski definition) is 6. The summed E-state index contributed by atoms with van der Waals surface area (Å²) < 4.78 is 0. The summed E-state index contributed by atoms with van der Waals surface area (Å²) in [4.78, 5) is 19.5. The zero-order valence-corrected chi connectivity index (χ0v) is 13.2. The molecule has 8 N–H and O–H groups in total. The smallest absolute Gasteiger partial charge is 0.335 e. The molecule has 0 aliphatic heterocycles. The van der Waals surface area contributed by atoms with E-state index in [-0.39, 0.29) is 6.04 Å². The van der Waals surface area contributed by atoms with E-state index in [9.17, 15) is 9.59 Å². The van der Waals surface area contributed by atoms with Crippen LogP contribution in [0.1, 0.15) is 17.2 Å². The van der Waals surface area contributed by atoms with E-state index in [0.29, 0.717) is 0 Å². The van der Waals surface area contributed by atoms with Crippen LogP contribution in [-0.4, -0.2) is 44.6 Å². The van der Waals surface area contributed by atoms with Gasteiger partial charge in [-0.2, -0.15) is 0 Å². The molecule has 3 unspecified atom stereocenters. The first-order valence-corrected chi connectivity index (χ1v) is 7.22. The van der Waals surface area contributed by atoms with Crippen LogP contribution in [-0.2, 0) is 9.59 Å². The highest BCUT2D eigenvalue weighted by molar-refractivity contribution is 5.83. The average Bonchev–Trinajstić information content (AvgIpc) is 2.61. The first-order valence-electron chi connectivity index (χ1n) is 7.22. The number of aliphatic carboxylic acids is 2. The third-order valence-corrected chi connectivity index (χ3v) is 3.29. The fraction of sp³-hybridized carbons (Fsp3) is 0.176. The number of hydrogen-bond donors (Lipinski definition) is 6. The van der Waals surface area contributed by atoms with E-state index in [1.165, 1.54) is 0 Å². The van der Waals surface area contributed by atoms with Crippen molar-refractivity contribution >= 4 is 17.6 Å². The van der Waals surface area contributed by atoms with Crippen LogP contribution in [0.5, 0.6) is 0 Å². The molecule has 0 amide bonds. The number of carboxylic acids is 2. The number of carbonyl (C=O) groups is 2. The van der Waals surface area contributed by atoms with Crippen molar-refractivity contribution in [1.29, 1.82) is 0 Å². The highest BCUT2D eigenvalue weighted by Crippen LogP contribution is 2.23. The Morgan fingerprint density at radius 3 is 1.68 bits per heavy atom. The lowest BCUT2D eigenvalue weighted by Gasteiger charge is -2.14. The molecule has 25 heavy (non-hydrogen) atoms. The minimum Gasteiger partial charge on any atom is -0.479 e. The fourth-order valence-electron chi connectivity index (χ4n) is 1.90. The van der Waals surface area contributed by atoms with Gasteiger partial charge in [-0.15, -0.1) is 0 Å². The van der Waals surface area contributed by atoms with Gasteiger partial charge in [-0.25, -0.2) is 9.59 Å². The van der Waals surface area contributed by atoms with Crippen molar-refractivity contribution in [2.24, 2.45) is 5.73 Å². The average molecular weight is 348 g/mol. The maximum Gasteiger partial charge on any atom is 0.335 e. The SMILES string of the molecule is Nc1ccccc1C(N)c1ccccc1.O=C(O)C(O)C(O)C(=O)O. The van der Waals surface area contributed by atoms with Crippen molar-refractivity contribution in [2.75, 3.05) is 5.73 Å². The first-order chi connectivity index (χ1) is 11.8. The van der Waals surface area contributed by atoms with Gasteiger partial charge < -0.3 is 31.9 Å². The number of nitrogens with two attached hydrogens (primary N) is 2. The molecule has 8 nitrogen and oxygen atoms in total. The van der Waals surface area contributed by atoms with Crippen LogP contribution in [0.3, 0.4) is 0 Å². The second-order valence-corrected chi connectivity index (χ2v) is 5.08. The summed E-state index contributed by atoms with van der Waals surface area (Å²) >= 11 is 0. The van der Waals surface area contributed by atoms with E-state index >= 15 is 0 Å². The van der Waals surface area contributed by atoms with Gasteiger partial charge in [-0.3, -0.25) is 0 Å². The first kappa shape index (κ1) is 20.1. The molecule has 2 rings (SSSR count). The Hall–Kier alpha value is -2.94. The second kappa shape index (κ2) is 9.38. The number of carboxylic acid groups (broad SMARTS) is 2. The van der Waals surface area contributed by atoms with Gasteiger partial charge in [-0.05, 0) is 17.2 Å². The van der Waals surface area contributed by atoms with E-state index in [1.807, 2.05) is 54.6 Å². The number of rotatable bonds is 5. The third-order valence-electron chi connectivity index (χ3n) is 3.29. The molecular formula is C17H20N2O6. The molecular weight excluding hydrogens is 328 g/mol. The normalized spacial score (nSPS) is 13.7. The van der Waals surface area contributed by atoms with Crippen LogP contribution in [0.25, 0.3) is 0 Å². The molecule has 0 heterocycles. The fourth-order valence-corrected chi connectivity index (χ4v) is 1.90. The van der Waals surface area contributed by atoms with E-state index in [1.54, 1.807) is 0 Å². The van der Waals surface area contributed by atoms with Crippen molar-refractivity contribution in [3.05, 3.63) is 65.7 Å². The maximum absolute atomic E-state index is 9.77. The molecule has 0 fully saturated rings. The Bertz CT molecular complexity index is 689. The van der Waals surface area contributed by atoms with E-state index in [4.69, 9.17) is 31.9 Å². The van der Waals surface area contributed by atoms with Crippen LogP contribution in [0, 0.1) is 0 Å². The summed E-state index contributed by atoms with van der Waals surface area (Å²) in [7, 11) is 0. The summed E-state index contributed by atoms with van der Waals surface area (Å²) in [5.74, 6) is -3.54. The van der Waals surface area contributed by atoms with Crippen molar-refractivity contribution in [3.8, 4) is 0 Å². The lowest BCUT2D eigenvalue weighted by atomic mass is 9.98. The van der Waals surface area contributed by atoms with Gasteiger partial charge in [0.1, 0.15) is 0 Å². The van der Waals surface area contributed by atoms with Gasteiger partial charge in [0.2, 0.25) is 0 Å². The molecule has 2 aromatic rings. The standard InChI is InChI=1S/C13H14N2.C4H6O6/c14-12-9-5-4-8-11(12)13(15)10-6-2-1-3-7-10;5-1(3(7)8)2(6)4(9)10/h1-9,13H,14-15H2;1-2,5-6H,(H,7,8)(H,9,10). The number of nitrogen functional groups attached to an aromatic ring is 1. The summed E-state index contributed by atoms with van der Waals surface area (Å²) in [5.41, 5.74) is 14.8. The van der Waals surface area contributed by atoms with Crippen LogP contribution < -0.4 is 11.5 Å². The number of anilines is 1. The van der Waals surface area contributed by atoms with Gasteiger partial charge in [0.15, 0.2) is 12.2 Å². The molecule has 0 aromatic heterocycles. The Labute approximate surface area is 143 Å². The molecule has 134 valence electrons. The van der Waals surface area contributed by atoms with Crippen LogP contribution >= 0.6 is 0 Å². The van der Waals surface area contributed by atoms with E-state index in [0.717, 1.165) is 16.8 Å². The van der Waals surface area contributed by atoms with Crippen molar-refractivity contribution in [2.45, 2.75) is 18.2 Å². The summed E-state index contributed by atoms with van der Waals surface area (Å²) in [6.07, 6.45) is -4.53. The van der Waals surface area contributed by atoms with E-state index < -0.39 is 24.1 Å². The van der Waals surface area contributed by atoms with Crippen molar-refractivity contribution in [1.82, 2.24) is 0 Å². The van der Waals surface area contributed by atoms with Gasteiger partial charge in [0.05, 0.1) is 6.04 Å². The molecule has 0 spiro atoms. The zero-order chi connectivity index (χ0) is 19.0. The minimum absolute atomic E-state index is 0.146. The molecule has 0 aliphatic rings. The molecule has 0 bridgehead atoms. The third kappa shape index (κ3) is 5.88. The lowest BCUT2D eigenvalue weighted by molar-refractivity contribution is -0.165. The second-order valence-electron chi connectivity index (χ2n) is 5.08. The number of para-hydroxylation sites is 1. The molecule has 0 aliphatic carbocycles. The lowest BCUT2D eigenvalue weighted by Crippen LogP contribution is -2.39. The Morgan fingerprint density at radius 2 is 1.24 bits per heavy atom. The van der Waals surface area contributed by atoms with Crippen LogP contribution in [0.4, 0.5) is 5.69 Å². The van der Waals surface area contributed by atoms with Gasteiger partial charge in [0.25, 0.3) is 0 Å². The van der Waals surface area contributed by atoms with Gasteiger partial charge >= 0.3 is 11.9 Å². The van der Waals surface area contributed by atoms with Crippen LogP contribution in [0.2, 0.25) is 0 Å². The van der Waals surface area contributed by atoms with E-state index in [2.05, 4.69) is 0 Å². The summed E-state index contributed by atoms with van der Waals surface area (Å²) in [5, 5.41) is 32.5. The molecule has 0 saturated carbocycles. The zero-order valence-electron chi connectivity index (χ0n) is 13.2. The van der Waals surface area contributed by atoms with Crippen LogP contribution in [0.15, 0.2) is 54.6 Å². The highest BCUT2D eigenvalue weighted by Gasteiger charge is 2.29. The monoisotopic (exact) mass is 348 g/mol. The number of aliphatic hydroxyl groups excluding tert-OH is 2. The van der Waals surface area contributed by atoms with Gasteiger partial charge in [0, 0.05) is 5.69 Å². The predicted octanol–water partition coefficient (Wildman–Crippen LogP) is 0.194. The predicted molar refractivity (Wildman–Crippen MR) is 90.6 cm³/mol. The molecule has 2 aromatic carbocycles. The number of aliphatic hydroxyl groups is 2. The summed E-state index contributed by atoms with van der Waals surface area (Å²) in [6.45, 7) is 0. The van der Waals surface area contributed by atoms with Crippen molar-refractivity contribution in [3.63, 3.8) is 0 Å². The Kier molecular flexibility index (Phi) is 7.54. The summed E-state index contributed by atoms with van der Waals surface area (Å²) in [6, 6.07) is 17.5. The minimum atomic E-state index is -2.27. The van der Waals surface area contributed by atoms with Gasteiger partial charge in [-0.1, -0.05) is 48.5 Å². The molecule has 0 radical (unpaired) electrons. The number of benzene rings is 2. The Morgan fingerprint density at radius 1 is 0.800 bits per heavy atom. The Balaban J connectivity index is 0.000000275. The van der Waals surface area contributed by atoms with Crippen molar-refractivity contribution < 1.29 is 30.0 Å². The topological polar surface area (TPSA) is 167 Å². The quantitative estimate of drug-likeness (QED) is 0.416. The largest absolute Gasteiger partial charge is 0.479 e. The highest BCUT2D eigenvalue weighted by atomic mass is 16.4.